The van der Waals surface area contributed by atoms with Gasteiger partial charge in [-0.15, -0.1) is 0 Å². The van der Waals surface area contributed by atoms with Crippen LogP contribution in [0.4, 0.5) is 0 Å². The molecule has 1 aromatic carbocycles. The van der Waals surface area contributed by atoms with E-state index in [0.717, 1.165) is 23.0 Å². The van der Waals surface area contributed by atoms with Gasteiger partial charge in [-0.05, 0) is 42.2 Å². The van der Waals surface area contributed by atoms with Crippen LogP contribution < -0.4 is 0 Å². The first kappa shape index (κ1) is 15.2. The lowest BCUT2D eigenvalue weighted by molar-refractivity contribution is 0.867. The van der Waals surface area contributed by atoms with E-state index in [4.69, 9.17) is 5.26 Å². The van der Waals surface area contributed by atoms with Crippen LogP contribution in [-0.4, -0.2) is 4.98 Å². The van der Waals surface area contributed by atoms with Gasteiger partial charge in [0.25, 0.3) is 0 Å². The minimum atomic E-state index is 0.444. The van der Waals surface area contributed by atoms with Crippen LogP contribution in [0.15, 0.2) is 24.3 Å². The molecule has 0 radical (unpaired) electrons. The van der Waals surface area contributed by atoms with Gasteiger partial charge in [0.1, 0.15) is 0 Å². The van der Waals surface area contributed by atoms with Gasteiger partial charge in [0.2, 0.25) is 0 Å². The number of hydrogen-bond acceptors (Lipinski definition) is 2. The Balaban J connectivity index is 0.000000861. The van der Waals surface area contributed by atoms with E-state index in [1.54, 1.807) is 0 Å². The Morgan fingerprint density at radius 1 is 1.21 bits per heavy atom. The topological polar surface area (TPSA) is 36.7 Å². The summed E-state index contributed by atoms with van der Waals surface area (Å²) in [7, 11) is 0. The first-order valence-electron chi connectivity index (χ1n) is 6.99. The maximum atomic E-state index is 8.96. The van der Waals surface area contributed by atoms with Crippen LogP contribution >= 0.6 is 0 Å². The predicted octanol–water partition coefficient (Wildman–Crippen LogP) is 4.82. The first-order chi connectivity index (χ1) is 9.15. The van der Waals surface area contributed by atoms with Crippen molar-refractivity contribution >= 4 is 10.9 Å². The molecule has 1 heterocycles. The lowest BCUT2D eigenvalue weighted by Crippen LogP contribution is -1.96. The molecule has 2 aromatic rings. The Bertz CT molecular complexity index is 592. The molecule has 0 saturated carbocycles. The predicted molar refractivity (Wildman–Crippen MR) is 81.3 cm³/mol. The third kappa shape index (κ3) is 3.32. The van der Waals surface area contributed by atoms with Gasteiger partial charge in [-0.3, -0.25) is 4.98 Å². The van der Waals surface area contributed by atoms with Crippen molar-refractivity contribution in [3.8, 4) is 6.07 Å². The van der Waals surface area contributed by atoms with Crippen LogP contribution in [0.25, 0.3) is 10.9 Å². The van der Waals surface area contributed by atoms with Crippen LogP contribution in [0.5, 0.6) is 0 Å². The molecule has 0 saturated heterocycles. The highest BCUT2D eigenvalue weighted by Crippen LogP contribution is 2.26. The SMILES string of the molecule is CC.CCc1cc(C(C)C)c2cc(C#N)ccc2n1. The van der Waals surface area contributed by atoms with E-state index in [-0.39, 0.29) is 0 Å². The summed E-state index contributed by atoms with van der Waals surface area (Å²) in [6.45, 7) is 10.5. The fraction of sp³-hybridized carbons (Fsp3) is 0.412. The molecular formula is C17H22N2. The fourth-order valence-electron chi connectivity index (χ4n) is 2.04. The largest absolute Gasteiger partial charge is 0.253 e. The molecule has 0 unspecified atom stereocenters. The van der Waals surface area contributed by atoms with Crippen molar-refractivity contribution in [3.63, 3.8) is 0 Å². The Morgan fingerprint density at radius 2 is 1.89 bits per heavy atom. The molecule has 0 N–H and O–H groups in total. The Hall–Kier alpha value is -1.88. The van der Waals surface area contributed by atoms with Crippen molar-refractivity contribution in [1.82, 2.24) is 4.98 Å². The molecule has 2 heteroatoms. The average molecular weight is 254 g/mol. The summed E-state index contributed by atoms with van der Waals surface area (Å²) in [5, 5.41) is 10.1. The van der Waals surface area contributed by atoms with Crippen LogP contribution in [-0.2, 0) is 6.42 Å². The molecule has 0 aliphatic heterocycles. The van der Waals surface area contributed by atoms with Gasteiger partial charge in [-0.25, -0.2) is 0 Å². The van der Waals surface area contributed by atoms with Crippen molar-refractivity contribution in [2.45, 2.75) is 47.0 Å². The summed E-state index contributed by atoms with van der Waals surface area (Å²) in [5.74, 6) is 0.444. The summed E-state index contributed by atoms with van der Waals surface area (Å²) < 4.78 is 0. The average Bonchev–Trinajstić information content (AvgIpc) is 2.47. The third-order valence-electron chi connectivity index (χ3n) is 3.01. The maximum absolute atomic E-state index is 8.96. The number of benzene rings is 1. The molecule has 2 rings (SSSR count). The van der Waals surface area contributed by atoms with E-state index in [1.807, 2.05) is 32.0 Å². The second kappa shape index (κ2) is 6.89. The Labute approximate surface area is 116 Å². The lowest BCUT2D eigenvalue weighted by Gasteiger charge is -2.12. The van der Waals surface area contributed by atoms with Gasteiger partial charge in [-0.2, -0.15) is 5.26 Å². The second-order valence-electron chi connectivity index (χ2n) is 4.55. The zero-order chi connectivity index (χ0) is 14.4. The number of aromatic nitrogens is 1. The van der Waals surface area contributed by atoms with E-state index in [9.17, 15) is 0 Å². The molecule has 1 aromatic heterocycles. The van der Waals surface area contributed by atoms with Crippen LogP contribution in [0.3, 0.4) is 0 Å². The van der Waals surface area contributed by atoms with Crippen molar-refractivity contribution in [2.24, 2.45) is 0 Å². The zero-order valence-corrected chi connectivity index (χ0v) is 12.5. The molecule has 0 spiro atoms. The van der Waals surface area contributed by atoms with E-state index in [0.29, 0.717) is 11.5 Å². The Kier molecular flexibility index (Phi) is 5.51. The van der Waals surface area contributed by atoms with Gasteiger partial charge in [0, 0.05) is 11.1 Å². The first-order valence-corrected chi connectivity index (χ1v) is 6.99. The molecule has 0 amide bonds. The standard InChI is InChI=1S/C15H16N2.C2H6/c1-4-12-8-13(10(2)3)14-7-11(9-16)5-6-15(14)17-12;1-2/h5-8,10H,4H2,1-3H3;1-2H3. The molecule has 19 heavy (non-hydrogen) atoms. The van der Waals surface area contributed by atoms with Crippen molar-refractivity contribution in [1.29, 1.82) is 5.26 Å². The number of rotatable bonds is 2. The third-order valence-corrected chi connectivity index (χ3v) is 3.01. The quantitative estimate of drug-likeness (QED) is 0.770. The molecule has 100 valence electrons. The lowest BCUT2D eigenvalue weighted by atomic mass is 9.96. The van der Waals surface area contributed by atoms with E-state index in [1.165, 1.54) is 5.56 Å². The minimum absolute atomic E-state index is 0.444. The summed E-state index contributed by atoms with van der Waals surface area (Å²) in [6.07, 6.45) is 0.940. The summed E-state index contributed by atoms with van der Waals surface area (Å²) in [5.41, 5.74) is 4.09. The van der Waals surface area contributed by atoms with Crippen molar-refractivity contribution in [3.05, 3.63) is 41.1 Å². The molecule has 0 aliphatic carbocycles. The highest BCUT2D eigenvalue weighted by molar-refractivity contribution is 5.84. The molecule has 0 bridgehead atoms. The van der Waals surface area contributed by atoms with Gasteiger partial charge in [0.15, 0.2) is 0 Å². The van der Waals surface area contributed by atoms with Gasteiger partial charge >= 0.3 is 0 Å². The van der Waals surface area contributed by atoms with Crippen LogP contribution in [0.1, 0.15) is 57.4 Å². The molecule has 2 nitrogen and oxygen atoms in total. The number of nitrogens with zero attached hydrogens (tertiary/aromatic N) is 2. The number of hydrogen-bond donors (Lipinski definition) is 0. The fourth-order valence-corrected chi connectivity index (χ4v) is 2.04. The summed E-state index contributed by atoms with van der Waals surface area (Å²) in [6, 6.07) is 10.1. The maximum Gasteiger partial charge on any atom is 0.0991 e. The highest BCUT2D eigenvalue weighted by Gasteiger charge is 2.09. The van der Waals surface area contributed by atoms with Gasteiger partial charge < -0.3 is 0 Å². The van der Waals surface area contributed by atoms with Crippen molar-refractivity contribution in [2.75, 3.05) is 0 Å². The highest BCUT2D eigenvalue weighted by atomic mass is 14.7. The van der Waals surface area contributed by atoms with E-state index < -0.39 is 0 Å². The zero-order valence-electron chi connectivity index (χ0n) is 12.5. The Morgan fingerprint density at radius 3 is 2.42 bits per heavy atom. The van der Waals surface area contributed by atoms with Crippen LogP contribution in [0.2, 0.25) is 0 Å². The summed E-state index contributed by atoms with van der Waals surface area (Å²) >= 11 is 0. The minimum Gasteiger partial charge on any atom is -0.253 e. The normalized spacial score (nSPS) is 9.95. The number of pyridine rings is 1. The van der Waals surface area contributed by atoms with Gasteiger partial charge in [-0.1, -0.05) is 34.6 Å². The molecular weight excluding hydrogens is 232 g/mol. The monoisotopic (exact) mass is 254 g/mol. The smallest absolute Gasteiger partial charge is 0.0991 e. The number of aryl methyl sites for hydroxylation is 1. The van der Waals surface area contributed by atoms with Crippen molar-refractivity contribution < 1.29 is 0 Å². The number of nitriles is 1. The van der Waals surface area contributed by atoms with Crippen LogP contribution in [0, 0.1) is 11.3 Å². The van der Waals surface area contributed by atoms with E-state index >= 15 is 0 Å². The van der Waals surface area contributed by atoms with E-state index in [2.05, 4.69) is 37.9 Å². The molecule has 0 aliphatic rings. The molecule has 0 fully saturated rings. The summed E-state index contributed by atoms with van der Waals surface area (Å²) in [4.78, 5) is 4.60. The molecule has 0 atom stereocenters. The number of fused-ring (bicyclic) bond motifs is 1. The van der Waals surface area contributed by atoms with Gasteiger partial charge in [0.05, 0.1) is 17.1 Å². The second-order valence-corrected chi connectivity index (χ2v) is 4.55.